The van der Waals surface area contributed by atoms with Crippen LogP contribution in [0.4, 0.5) is 0 Å². The standard InChI is InChI=1S/C16H26N2O/c1-3-19-15-10-8-13(9-11-15)16(17)12-18(2)14-6-4-5-7-14/h8-11,14,16H,3-7,12,17H2,1-2H3. The fourth-order valence-electron chi connectivity index (χ4n) is 2.89. The van der Waals surface area contributed by atoms with Crippen molar-refractivity contribution in [2.45, 2.75) is 44.7 Å². The van der Waals surface area contributed by atoms with Crippen LogP contribution in [0.2, 0.25) is 0 Å². The lowest BCUT2D eigenvalue weighted by Crippen LogP contribution is -2.35. The zero-order valence-electron chi connectivity index (χ0n) is 12.1. The highest BCUT2D eigenvalue weighted by molar-refractivity contribution is 5.29. The normalized spacial score (nSPS) is 17.9. The number of nitrogens with two attached hydrogens (primary N) is 1. The number of rotatable bonds is 6. The lowest BCUT2D eigenvalue weighted by atomic mass is 10.1. The van der Waals surface area contributed by atoms with Gasteiger partial charge in [-0.2, -0.15) is 0 Å². The third kappa shape index (κ3) is 3.95. The second-order valence-electron chi connectivity index (χ2n) is 5.49. The maximum Gasteiger partial charge on any atom is 0.119 e. The number of hydrogen-bond acceptors (Lipinski definition) is 3. The second kappa shape index (κ2) is 6.92. The van der Waals surface area contributed by atoms with Crippen LogP contribution >= 0.6 is 0 Å². The van der Waals surface area contributed by atoms with Gasteiger partial charge in [0.2, 0.25) is 0 Å². The van der Waals surface area contributed by atoms with Gasteiger partial charge in [0.25, 0.3) is 0 Å². The minimum atomic E-state index is 0.0845. The van der Waals surface area contributed by atoms with E-state index in [2.05, 4.69) is 24.1 Å². The van der Waals surface area contributed by atoms with E-state index in [4.69, 9.17) is 10.5 Å². The molecule has 1 fully saturated rings. The Morgan fingerprint density at radius 3 is 2.47 bits per heavy atom. The average molecular weight is 262 g/mol. The molecule has 0 bridgehead atoms. The van der Waals surface area contributed by atoms with Crippen LogP contribution in [0.15, 0.2) is 24.3 Å². The molecular weight excluding hydrogens is 236 g/mol. The van der Waals surface area contributed by atoms with Gasteiger partial charge in [-0.25, -0.2) is 0 Å². The highest BCUT2D eigenvalue weighted by Gasteiger charge is 2.21. The fourth-order valence-corrected chi connectivity index (χ4v) is 2.89. The lowest BCUT2D eigenvalue weighted by molar-refractivity contribution is 0.231. The first kappa shape index (κ1) is 14.4. The van der Waals surface area contributed by atoms with Gasteiger partial charge in [0, 0.05) is 18.6 Å². The lowest BCUT2D eigenvalue weighted by Gasteiger charge is -2.27. The van der Waals surface area contributed by atoms with Crippen molar-refractivity contribution in [1.29, 1.82) is 0 Å². The van der Waals surface area contributed by atoms with Crippen molar-refractivity contribution in [1.82, 2.24) is 4.90 Å². The van der Waals surface area contributed by atoms with E-state index < -0.39 is 0 Å². The maximum absolute atomic E-state index is 6.31. The molecule has 1 saturated carbocycles. The summed E-state index contributed by atoms with van der Waals surface area (Å²) in [6, 6.07) is 8.99. The monoisotopic (exact) mass is 262 g/mol. The van der Waals surface area contributed by atoms with Crippen LogP contribution in [0, 0.1) is 0 Å². The fraction of sp³-hybridized carbons (Fsp3) is 0.625. The van der Waals surface area contributed by atoms with Gasteiger partial charge in [-0.3, -0.25) is 0 Å². The number of ether oxygens (including phenoxy) is 1. The summed E-state index contributed by atoms with van der Waals surface area (Å²) in [5, 5.41) is 0. The van der Waals surface area contributed by atoms with E-state index in [0.717, 1.165) is 18.3 Å². The van der Waals surface area contributed by atoms with E-state index in [-0.39, 0.29) is 6.04 Å². The first-order valence-corrected chi connectivity index (χ1v) is 7.39. The highest BCUT2D eigenvalue weighted by atomic mass is 16.5. The molecule has 0 amide bonds. The molecular formula is C16H26N2O. The first-order valence-electron chi connectivity index (χ1n) is 7.39. The SMILES string of the molecule is CCOc1ccc(C(N)CN(C)C2CCCC2)cc1. The Morgan fingerprint density at radius 2 is 1.89 bits per heavy atom. The van der Waals surface area contributed by atoms with Crippen molar-refractivity contribution in [3.05, 3.63) is 29.8 Å². The van der Waals surface area contributed by atoms with Crippen molar-refractivity contribution in [2.75, 3.05) is 20.2 Å². The summed E-state index contributed by atoms with van der Waals surface area (Å²) in [6.45, 7) is 3.63. The molecule has 0 aliphatic heterocycles. The summed E-state index contributed by atoms with van der Waals surface area (Å²) < 4.78 is 5.45. The molecule has 1 atom stereocenters. The largest absolute Gasteiger partial charge is 0.494 e. The second-order valence-corrected chi connectivity index (χ2v) is 5.49. The Hall–Kier alpha value is -1.06. The molecule has 1 aliphatic carbocycles. The van der Waals surface area contributed by atoms with E-state index in [0.29, 0.717) is 6.61 Å². The van der Waals surface area contributed by atoms with Gasteiger partial charge in [0.05, 0.1) is 6.61 Å². The van der Waals surface area contributed by atoms with Crippen molar-refractivity contribution in [3.63, 3.8) is 0 Å². The number of benzene rings is 1. The Bertz CT molecular complexity index is 371. The van der Waals surface area contributed by atoms with Gasteiger partial charge < -0.3 is 15.4 Å². The Balaban J connectivity index is 1.89. The van der Waals surface area contributed by atoms with E-state index in [1.807, 2.05) is 19.1 Å². The molecule has 19 heavy (non-hydrogen) atoms. The average Bonchev–Trinajstić information content (AvgIpc) is 2.94. The molecule has 1 aliphatic rings. The van der Waals surface area contributed by atoms with E-state index in [1.54, 1.807) is 0 Å². The molecule has 2 rings (SSSR count). The van der Waals surface area contributed by atoms with Crippen molar-refractivity contribution < 1.29 is 4.74 Å². The zero-order valence-corrected chi connectivity index (χ0v) is 12.1. The summed E-state index contributed by atoms with van der Waals surface area (Å²) in [7, 11) is 2.20. The van der Waals surface area contributed by atoms with E-state index in [9.17, 15) is 0 Å². The molecule has 0 heterocycles. The van der Waals surface area contributed by atoms with Crippen molar-refractivity contribution in [2.24, 2.45) is 5.73 Å². The van der Waals surface area contributed by atoms with Crippen LogP contribution in [-0.4, -0.2) is 31.1 Å². The molecule has 0 radical (unpaired) electrons. The predicted molar refractivity (Wildman–Crippen MR) is 79.4 cm³/mol. The third-order valence-electron chi connectivity index (χ3n) is 4.05. The smallest absolute Gasteiger partial charge is 0.119 e. The molecule has 0 aromatic heterocycles. The Kier molecular flexibility index (Phi) is 5.23. The van der Waals surface area contributed by atoms with E-state index >= 15 is 0 Å². The summed E-state index contributed by atoms with van der Waals surface area (Å²) in [5.74, 6) is 0.919. The van der Waals surface area contributed by atoms with Crippen LogP contribution in [0.5, 0.6) is 5.75 Å². The molecule has 3 nitrogen and oxygen atoms in total. The summed E-state index contributed by atoms with van der Waals surface area (Å²) >= 11 is 0. The maximum atomic E-state index is 6.31. The molecule has 0 saturated heterocycles. The molecule has 1 unspecified atom stereocenters. The number of nitrogens with zero attached hydrogens (tertiary/aromatic N) is 1. The summed E-state index contributed by atoms with van der Waals surface area (Å²) in [6.07, 6.45) is 5.39. The summed E-state index contributed by atoms with van der Waals surface area (Å²) in [5.41, 5.74) is 7.49. The predicted octanol–water partition coefficient (Wildman–Crippen LogP) is 2.96. The molecule has 1 aromatic rings. The summed E-state index contributed by atoms with van der Waals surface area (Å²) in [4.78, 5) is 2.42. The van der Waals surface area contributed by atoms with Gasteiger partial charge in [-0.15, -0.1) is 0 Å². The number of hydrogen-bond donors (Lipinski definition) is 1. The van der Waals surface area contributed by atoms with Gasteiger partial charge in [-0.1, -0.05) is 25.0 Å². The molecule has 106 valence electrons. The molecule has 3 heteroatoms. The number of likely N-dealkylation sites (N-methyl/N-ethyl adjacent to an activating group) is 1. The minimum Gasteiger partial charge on any atom is -0.494 e. The zero-order chi connectivity index (χ0) is 13.7. The molecule has 2 N–H and O–H groups in total. The van der Waals surface area contributed by atoms with Gasteiger partial charge in [-0.05, 0) is 44.5 Å². The molecule has 1 aromatic carbocycles. The Morgan fingerprint density at radius 1 is 1.26 bits per heavy atom. The van der Waals surface area contributed by atoms with E-state index in [1.165, 1.54) is 31.2 Å². The third-order valence-corrected chi connectivity index (χ3v) is 4.05. The van der Waals surface area contributed by atoms with Crippen LogP contribution in [0.3, 0.4) is 0 Å². The van der Waals surface area contributed by atoms with Crippen LogP contribution < -0.4 is 10.5 Å². The van der Waals surface area contributed by atoms with Crippen LogP contribution in [-0.2, 0) is 0 Å². The van der Waals surface area contributed by atoms with Crippen molar-refractivity contribution >= 4 is 0 Å². The van der Waals surface area contributed by atoms with Gasteiger partial charge in [0.15, 0.2) is 0 Å². The highest BCUT2D eigenvalue weighted by Crippen LogP contribution is 2.24. The quantitative estimate of drug-likeness (QED) is 0.856. The Labute approximate surface area is 116 Å². The van der Waals surface area contributed by atoms with Crippen LogP contribution in [0.25, 0.3) is 0 Å². The topological polar surface area (TPSA) is 38.5 Å². The molecule has 0 spiro atoms. The first-order chi connectivity index (χ1) is 9.20. The minimum absolute atomic E-state index is 0.0845. The van der Waals surface area contributed by atoms with Gasteiger partial charge >= 0.3 is 0 Å². The van der Waals surface area contributed by atoms with Gasteiger partial charge in [0.1, 0.15) is 5.75 Å². The van der Waals surface area contributed by atoms with Crippen molar-refractivity contribution in [3.8, 4) is 5.75 Å². The van der Waals surface area contributed by atoms with Crippen LogP contribution in [0.1, 0.15) is 44.2 Å².